The van der Waals surface area contributed by atoms with Crippen molar-refractivity contribution in [2.75, 3.05) is 31.1 Å². The van der Waals surface area contributed by atoms with E-state index in [9.17, 15) is 18.8 Å². The van der Waals surface area contributed by atoms with E-state index in [2.05, 4.69) is 15.3 Å². The van der Waals surface area contributed by atoms with Gasteiger partial charge in [0.15, 0.2) is 0 Å². The van der Waals surface area contributed by atoms with Crippen molar-refractivity contribution in [2.24, 2.45) is 0 Å². The van der Waals surface area contributed by atoms with Gasteiger partial charge in [-0.25, -0.2) is 14.2 Å². The molecule has 1 aromatic carbocycles. The lowest BCUT2D eigenvalue weighted by Gasteiger charge is -2.32. The van der Waals surface area contributed by atoms with E-state index < -0.39 is 12.2 Å². The highest BCUT2D eigenvalue weighted by atomic mass is 19.1. The highest BCUT2D eigenvalue weighted by molar-refractivity contribution is 5.92. The second-order valence-electron chi connectivity index (χ2n) is 7.92. The van der Waals surface area contributed by atoms with Crippen LogP contribution in [0.25, 0.3) is 0 Å². The van der Waals surface area contributed by atoms with Crippen LogP contribution in [0.3, 0.4) is 0 Å². The molecule has 0 aliphatic carbocycles. The number of nitrogens with one attached hydrogen (secondary N) is 1. The van der Waals surface area contributed by atoms with Gasteiger partial charge in [-0.05, 0) is 36.5 Å². The minimum atomic E-state index is -0.566. The van der Waals surface area contributed by atoms with Crippen LogP contribution in [0.4, 0.5) is 14.9 Å². The largest absolute Gasteiger partial charge is 0.442 e. The Labute approximate surface area is 184 Å². The third kappa shape index (κ3) is 4.68. The van der Waals surface area contributed by atoms with Crippen LogP contribution in [0.2, 0.25) is 0 Å². The second kappa shape index (κ2) is 9.29. The first-order chi connectivity index (χ1) is 15.4. The number of likely N-dealkylation sites (tertiary alicyclic amines) is 1. The second-order valence-corrected chi connectivity index (χ2v) is 7.92. The molecule has 0 unspecified atom stereocenters. The van der Waals surface area contributed by atoms with Crippen LogP contribution in [-0.4, -0.2) is 65.1 Å². The zero-order chi connectivity index (χ0) is 22.7. The molecular formula is C22H24FN5O4. The van der Waals surface area contributed by atoms with Crippen LogP contribution in [0.15, 0.2) is 36.8 Å². The van der Waals surface area contributed by atoms with Crippen LogP contribution in [0.1, 0.15) is 41.7 Å². The number of anilines is 1. The van der Waals surface area contributed by atoms with E-state index in [4.69, 9.17) is 4.74 Å². The number of nitrogens with zero attached hydrogens (tertiary/aromatic N) is 4. The number of benzene rings is 1. The average Bonchev–Trinajstić information content (AvgIpc) is 3.18. The summed E-state index contributed by atoms with van der Waals surface area (Å²) in [6.45, 7) is 2.85. The van der Waals surface area contributed by atoms with E-state index in [0.717, 1.165) is 0 Å². The first-order valence-corrected chi connectivity index (χ1v) is 10.5. The highest BCUT2D eigenvalue weighted by Gasteiger charge is 2.33. The Morgan fingerprint density at radius 2 is 2.03 bits per heavy atom. The van der Waals surface area contributed by atoms with Gasteiger partial charge in [0.2, 0.25) is 5.91 Å². The highest BCUT2D eigenvalue weighted by Crippen LogP contribution is 2.33. The maximum Gasteiger partial charge on any atom is 0.414 e. The Hall–Kier alpha value is -3.56. The molecule has 2 aromatic rings. The van der Waals surface area contributed by atoms with Crippen molar-refractivity contribution in [3.8, 4) is 0 Å². The summed E-state index contributed by atoms with van der Waals surface area (Å²) in [6, 6.07) is 4.75. The Kier molecular flexibility index (Phi) is 6.29. The summed E-state index contributed by atoms with van der Waals surface area (Å²) in [5.74, 6) is -0.791. The van der Waals surface area contributed by atoms with Gasteiger partial charge in [0.1, 0.15) is 17.6 Å². The summed E-state index contributed by atoms with van der Waals surface area (Å²) < 4.78 is 20.2. The lowest BCUT2D eigenvalue weighted by molar-refractivity contribution is -0.119. The van der Waals surface area contributed by atoms with Gasteiger partial charge in [0.25, 0.3) is 5.91 Å². The fourth-order valence-electron chi connectivity index (χ4n) is 4.08. The number of aromatic nitrogens is 2. The lowest BCUT2D eigenvalue weighted by Crippen LogP contribution is -2.38. The topological polar surface area (TPSA) is 105 Å². The van der Waals surface area contributed by atoms with Crippen molar-refractivity contribution in [3.63, 3.8) is 0 Å². The fraction of sp³-hybridized carbons (Fsp3) is 0.409. The summed E-state index contributed by atoms with van der Waals surface area (Å²) >= 11 is 0. The van der Waals surface area contributed by atoms with E-state index >= 15 is 0 Å². The Morgan fingerprint density at radius 3 is 2.69 bits per heavy atom. The smallest absolute Gasteiger partial charge is 0.414 e. The van der Waals surface area contributed by atoms with Crippen LogP contribution in [0, 0.1) is 5.82 Å². The van der Waals surface area contributed by atoms with Crippen LogP contribution >= 0.6 is 0 Å². The van der Waals surface area contributed by atoms with Crippen LogP contribution in [-0.2, 0) is 9.53 Å². The van der Waals surface area contributed by atoms with Gasteiger partial charge in [-0.15, -0.1) is 0 Å². The van der Waals surface area contributed by atoms with Crippen molar-refractivity contribution in [3.05, 3.63) is 53.9 Å². The molecule has 0 radical (unpaired) electrons. The molecule has 10 heteroatoms. The van der Waals surface area contributed by atoms with Gasteiger partial charge in [0, 0.05) is 32.4 Å². The van der Waals surface area contributed by atoms with Gasteiger partial charge in [-0.3, -0.25) is 19.5 Å². The number of cyclic esters (lactones) is 1. The maximum atomic E-state index is 15.0. The van der Waals surface area contributed by atoms with E-state index in [0.29, 0.717) is 42.9 Å². The molecule has 0 saturated carbocycles. The zero-order valence-corrected chi connectivity index (χ0v) is 17.7. The molecule has 2 fully saturated rings. The van der Waals surface area contributed by atoms with Crippen molar-refractivity contribution < 1.29 is 23.5 Å². The van der Waals surface area contributed by atoms with Crippen molar-refractivity contribution >= 4 is 23.6 Å². The number of rotatable bonds is 5. The van der Waals surface area contributed by atoms with Crippen molar-refractivity contribution in [2.45, 2.75) is 31.8 Å². The summed E-state index contributed by atoms with van der Waals surface area (Å²) in [5.41, 5.74) is 1.29. The molecule has 0 spiro atoms. The van der Waals surface area contributed by atoms with E-state index in [1.807, 2.05) is 0 Å². The maximum absolute atomic E-state index is 15.0. The molecule has 9 nitrogen and oxygen atoms in total. The number of carbonyl (C=O) groups excluding carboxylic acids is 3. The predicted octanol–water partition coefficient (Wildman–Crippen LogP) is 2.10. The summed E-state index contributed by atoms with van der Waals surface area (Å²) in [6.07, 6.45) is 4.65. The lowest BCUT2D eigenvalue weighted by atomic mass is 9.88. The summed E-state index contributed by atoms with van der Waals surface area (Å²) in [5, 5.41) is 2.61. The number of amides is 3. The van der Waals surface area contributed by atoms with E-state index in [-0.39, 0.29) is 36.6 Å². The fourth-order valence-corrected chi connectivity index (χ4v) is 4.08. The Balaban J connectivity index is 1.37. The molecule has 0 bridgehead atoms. The van der Waals surface area contributed by atoms with Crippen LogP contribution in [0.5, 0.6) is 0 Å². The predicted molar refractivity (Wildman–Crippen MR) is 113 cm³/mol. The molecule has 2 saturated heterocycles. The summed E-state index contributed by atoms with van der Waals surface area (Å²) in [7, 11) is 0. The normalized spacial score (nSPS) is 19.1. The van der Waals surface area contributed by atoms with Crippen molar-refractivity contribution in [1.29, 1.82) is 0 Å². The molecular weight excluding hydrogens is 417 g/mol. The van der Waals surface area contributed by atoms with Gasteiger partial charge in [-0.1, -0.05) is 6.07 Å². The van der Waals surface area contributed by atoms with Crippen LogP contribution < -0.4 is 10.2 Å². The van der Waals surface area contributed by atoms with E-state index in [1.54, 1.807) is 17.0 Å². The summed E-state index contributed by atoms with van der Waals surface area (Å²) in [4.78, 5) is 46.8. The standard InChI is InChI=1S/C22H24FN5O4/c1-14(29)26-11-17-13-28(22(31)32-17)16-2-3-18(19(23)10-16)15-4-8-27(9-5-15)21(30)20-12-24-6-7-25-20/h2-3,6-7,10,12,15,17H,4-5,8-9,11,13H2,1H3,(H,26,29)/t17-/m0/s1. The number of halogens is 1. The Bertz CT molecular complexity index is 1010. The molecule has 2 aliphatic rings. The SMILES string of the molecule is CC(=O)NC[C@H]1CN(c2ccc(C3CCN(C(=O)c4cnccn4)CC3)c(F)c2)C(=O)O1. The first kappa shape index (κ1) is 21.7. The average molecular weight is 441 g/mol. The van der Waals surface area contributed by atoms with E-state index in [1.165, 1.54) is 36.5 Å². The quantitative estimate of drug-likeness (QED) is 0.762. The minimum absolute atomic E-state index is 0.0204. The third-order valence-electron chi connectivity index (χ3n) is 5.75. The number of hydrogen-bond acceptors (Lipinski definition) is 6. The molecule has 2 aliphatic heterocycles. The zero-order valence-electron chi connectivity index (χ0n) is 17.7. The number of carbonyl (C=O) groups is 3. The molecule has 1 aromatic heterocycles. The van der Waals surface area contributed by atoms with Gasteiger partial charge < -0.3 is 15.0 Å². The molecule has 32 heavy (non-hydrogen) atoms. The van der Waals surface area contributed by atoms with Crippen molar-refractivity contribution in [1.82, 2.24) is 20.2 Å². The molecule has 1 atom stereocenters. The minimum Gasteiger partial charge on any atom is -0.442 e. The molecule has 4 rings (SSSR count). The molecule has 3 amide bonds. The first-order valence-electron chi connectivity index (χ1n) is 10.5. The molecule has 3 heterocycles. The molecule has 1 N–H and O–H groups in total. The molecule has 168 valence electrons. The van der Waals surface area contributed by atoms with Gasteiger partial charge in [0.05, 0.1) is 25.0 Å². The number of piperidine rings is 1. The van der Waals surface area contributed by atoms with Gasteiger partial charge >= 0.3 is 6.09 Å². The van der Waals surface area contributed by atoms with Gasteiger partial charge in [-0.2, -0.15) is 0 Å². The Morgan fingerprint density at radius 1 is 1.25 bits per heavy atom. The number of ether oxygens (including phenoxy) is 1. The number of hydrogen-bond donors (Lipinski definition) is 1. The monoisotopic (exact) mass is 441 g/mol. The third-order valence-corrected chi connectivity index (χ3v) is 5.75.